The van der Waals surface area contributed by atoms with Crippen molar-refractivity contribution in [2.45, 2.75) is 25.6 Å². The Labute approximate surface area is 190 Å². The fraction of sp³-hybridized carbons (Fsp3) is 0.240. The highest BCUT2D eigenvalue weighted by molar-refractivity contribution is 6.30. The molecule has 0 N–H and O–H groups in total. The van der Waals surface area contributed by atoms with E-state index in [1.54, 1.807) is 0 Å². The molecule has 3 aliphatic heterocycles. The number of hydrazone groups is 1. The van der Waals surface area contributed by atoms with Crippen molar-refractivity contribution in [1.82, 2.24) is 5.01 Å². The number of benzene rings is 3. The molecule has 0 fully saturated rings. The monoisotopic (exact) mass is 448 g/mol. The molecule has 6 rings (SSSR count). The number of hydrogen-bond donors (Lipinski definition) is 0. The van der Waals surface area contributed by atoms with E-state index >= 15 is 0 Å². The first-order valence-corrected chi connectivity index (χ1v) is 11.0. The van der Waals surface area contributed by atoms with E-state index < -0.39 is 6.23 Å². The summed E-state index contributed by atoms with van der Waals surface area (Å²) in [4.78, 5) is 0. The zero-order valence-electron chi connectivity index (χ0n) is 17.5. The maximum Gasteiger partial charge on any atom is 0.231 e. The van der Waals surface area contributed by atoms with Crippen molar-refractivity contribution in [2.75, 3.05) is 13.4 Å². The SMILES string of the molecule is CCOc1ccccc1[C@@H]1Oc2ccc(Cl)cc2[C@H]2CC(c3ccc4c(c3)OCO4)=NN21. The predicted octanol–water partition coefficient (Wildman–Crippen LogP) is 5.71. The lowest BCUT2D eigenvalue weighted by molar-refractivity contribution is -0.0205. The van der Waals surface area contributed by atoms with Crippen LogP contribution in [0.4, 0.5) is 0 Å². The Hall–Kier alpha value is -3.38. The van der Waals surface area contributed by atoms with E-state index in [1.165, 1.54) is 0 Å². The molecule has 3 aromatic rings. The van der Waals surface area contributed by atoms with Gasteiger partial charge < -0.3 is 18.9 Å². The normalized spacial score (nSPS) is 20.3. The van der Waals surface area contributed by atoms with Gasteiger partial charge >= 0.3 is 0 Å². The van der Waals surface area contributed by atoms with Crippen molar-refractivity contribution in [3.05, 3.63) is 82.4 Å². The summed E-state index contributed by atoms with van der Waals surface area (Å²) in [5.41, 5.74) is 3.94. The second-order valence-corrected chi connectivity index (χ2v) is 8.27. The third-order valence-electron chi connectivity index (χ3n) is 5.94. The Morgan fingerprint density at radius 2 is 1.84 bits per heavy atom. The summed E-state index contributed by atoms with van der Waals surface area (Å²) in [6, 6.07) is 19.7. The predicted molar refractivity (Wildman–Crippen MR) is 121 cm³/mol. The molecule has 0 saturated carbocycles. The number of nitrogens with zero attached hydrogens (tertiary/aromatic N) is 2. The van der Waals surface area contributed by atoms with Crippen molar-refractivity contribution >= 4 is 17.3 Å². The van der Waals surface area contributed by atoms with Crippen LogP contribution in [-0.2, 0) is 0 Å². The van der Waals surface area contributed by atoms with E-state index in [0.29, 0.717) is 11.6 Å². The van der Waals surface area contributed by atoms with Gasteiger partial charge in [0, 0.05) is 22.6 Å². The molecule has 32 heavy (non-hydrogen) atoms. The molecule has 3 aromatic carbocycles. The van der Waals surface area contributed by atoms with Crippen LogP contribution in [0.1, 0.15) is 42.3 Å². The van der Waals surface area contributed by atoms with Crippen LogP contribution in [0.5, 0.6) is 23.0 Å². The number of ether oxygens (including phenoxy) is 4. The van der Waals surface area contributed by atoms with E-state index in [9.17, 15) is 0 Å². The summed E-state index contributed by atoms with van der Waals surface area (Å²) in [7, 11) is 0. The highest BCUT2D eigenvalue weighted by atomic mass is 35.5. The van der Waals surface area contributed by atoms with Crippen LogP contribution in [0.2, 0.25) is 5.02 Å². The first kappa shape index (κ1) is 19.3. The molecule has 0 unspecified atom stereocenters. The van der Waals surface area contributed by atoms with Crippen LogP contribution >= 0.6 is 11.6 Å². The maximum absolute atomic E-state index is 6.47. The molecule has 3 heterocycles. The summed E-state index contributed by atoms with van der Waals surface area (Å²) in [5, 5.41) is 7.73. The summed E-state index contributed by atoms with van der Waals surface area (Å²) in [6.45, 7) is 2.80. The van der Waals surface area contributed by atoms with Crippen LogP contribution in [0.25, 0.3) is 0 Å². The van der Waals surface area contributed by atoms with Gasteiger partial charge in [-0.25, -0.2) is 5.01 Å². The average molecular weight is 449 g/mol. The van der Waals surface area contributed by atoms with Crippen molar-refractivity contribution in [3.63, 3.8) is 0 Å². The number of halogens is 1. The third-order valence-corrected chi connectivity index (χ3v) is 6.18. The number of rotatable bonds is 4. The van der Waals surface area contributed by atoms with Crippen LogP contribution < -0.4 is 18.9 Å². The first-order valence-electron chi connectivity index (χ1n) is 10.6. The van der Waals surface area contributed by atoms with Gasteiger partial charge in [-0.3, -0.25) is 0 Å². The van der Waals surface area contributed by atoms with Gasteiger partial charge in [0.1, 0.15) is 11.5 Å². The lowest BCUT2D eigenvalue weighted by atomic mass is 9.95. The Balaban J connectivity index is 1.45. The summed E-state index contributed by atoms with van der Waals surface area (Å²) < 4.78 is 23.4. The van der Waals surface area contributed by atoms with Gasteiger partial charge in [0.05, 0.1) is 23.9 Å². The number of fused-ring (bicyclic) bond motifs is 4. The van der Waals surface area contributed by atoms with E-state index in [4.69, 9.17) is 35.6 Å². The molecule has 0 bridgehead atoms. The third kappa shape index (κ3) is 3.14. The number of hydrogen-bond acceptors (Lipinski definition) is 6. The molecule has 0 spiro atoms. The molecule has 162 valence electrons. The molecule has 0 radical (unpaired) electrons. The molecule has 2 atom stereocenters. The van der Waals surface area contributed by atoms with Crippen molar-refractivity contribution < 1.29 is 18.9 Å². The Morgan fingerprint density at radius 3 is 2.75 bits per heavy atom. The summed E-state index contributed by atoms with van der Waals surface area (Å²) in [5.74, 6) is 3.11. The highest BCUT2D eigenvalue weighted by Crippen LogP contribution is 2.49. The second kappa shape index (κ2) is 7.64. The van der Waals surface area contributed by atoms with Crippen LogP contribution in [0.15, 0.2) is 65.8 Å². The maximum atomic E-state index is 6.47. The lowest BCUT2D eigenvalue weighted by Gasteiger charge is -2.38. The van der Waals surface area contributed by atoms with Crippen molar-refractivity contribution in [1.29, 1.82) is 0 Å². The second-order valence-electron chi connectivity index (χ2n) is 7.84. The van der Waals surface area contributed by atoms with Crippen LogP contribution in [-0.4, -0.2) is 24.1 Å². The van der Waals surface area contributed by atoms with Crippen molar-refractivity contribution in [2.24, 2.45) is 5.10 Å². The van der Waals surface area contributed by atoms with Crippen LogP contribution in [0, 0.1) is 0 Å². The largest absolute Gasteiger partial charge is 0.493 e. The van der Waals surface area contributed by atoms with Gasteiger partial charge in [-0.2, -0.15) is 5.10 Å². The zero-order chi connectivity index (χ0) is 21.7. The first-order chi connectivity index (χ1) is 15.7. The molecular weight excluding hydrogens is 428 g/mol. The molecule has 0 aromatic heterocycles. The highest BCUT2D eigenvalue weighted by Gasteiger charge is 2.42. The van der Waals surface area contributed by atoms with Crippen molar-refractivity contribution in [3.8, 4) is 23.0 Å². The average Bonchev–Trinajstić information content (AvgIpc) is 3.46. The molecule has 0 saturated heterocycles. The quantitative estimate of drug-likeness (QED) is 0.511. The lowest BCUT2D eigenvalue weighted by Crippen LogP contribution is -2.34. The van der Waals surface area contributed by atoms with E-state index in [1.807, 2.05) is 72.6 Å². The fourth-order valence-corrected chi connectivity index (χ4v) is 4.67. The molecule has 0 aliphatic carbocycles. The van der Waals surface area contributed by atoms with Gasteiger partial charge in [-0.05, 0) is 55.5 Å². The molecule has 7 heteroatoms. The van der Waals surface area contributed by atoms with Gasteiger partial charge in [-0.1, -0.05) is 23.7 Å². The summed E-state index contributed by atoms with van der Waals surface area (Å²) >= 11 is 6.34. The summed E-state index contributed by atoms with van der Waals surface area (Å²) in [6.07, 6.45) is 0.312. The van der Waals surface area contributed by atoms with Gasteiger partial charge in [0.15, 0.2) is 11.5 Å². The smallest absolute Gasteiger partial charge is 0.231 e. The van der Waals surface area contributed by atoms with E-state index in [0.717, 1.165) is 51.8 Å². The Morgan fingerprint density at radius 1 is 1.00 bits per heavy atom. The minimum atomic E-state index is -0.414. The minimum Gasteiger partial charge on any atom is -0.493 e. The Kier molecular flexibility index (Phi) is 4.61. The minimum absolute atomic E-state index is 0.00226. The molecular formula is C25H21ClN2O4. The van der Waals surface area contributed by atoms with E-state index in [-0.39, 0.29) is 12.8 Å². The number of para-hydroxylation sites is 1. The topological polar surface area (TPSA) is 52.5 Å². The standard InChI is InChI=1S/C25H21ClN2O4/c1-2-29-21-6-4-3-5-17(21)25-28-20(18-12-16(26)8-10-22(18)32-25)13-19(27-28)15-7-9-23-24(11-15)31-14-30-23/h3-12,20,25H,2,13-14H2,1H3/t20-,25+/m1/s1. The van der Waals surface area contributed by atoms with E-state index in [2.05, 4.69) is 0 Å². The van der Waals surface area contributed by atoms with Gasteiger partial charge in [-0.15, -0.1) is 0 Å². The van der Waals surface area contributed by atoms with Crippen LogP contribution in [0.3, 0.4) is 0 Å². The molecule has 3 aliphatic rings. The zero-order valence-corrected chi connectivity index (χ0v) is 18.2. The fourth-order valence-electron chi connectivity index (χ4n) is 4.49. The molecule has 0 amide bonds. The Bertz CT molecular complexity index is 1230. The van der Waals surface area contributed by atoms with Gasteiger partial charge in [0.2, 0.25) is 13.0 Å². The van der Waals surface area contributed by atoms with Gasteiger partial charge in [0.25, 0.3) is 0 Å². The molecule has 6 nitrogen and oxygen atoms in total.